The highest BCUT2D eigenvalue weighted by Gasteiger charge is 1.99. The molecule has 0 radical (unpaired) electrons. The van der Waals surface area contributed by atoms with E-state index in [1.165, 1.54) is 0 Å². The van der Waals surface area contributed by atoms with Gasteiger partial charge in [-0.1, -0.05) is 6.92 Å². The number of nitrogens with zero attached hydrogens (tertiary/aromatic N) is 1. The molecule has 0 aliphatic rings. The van der Waals surface area contributed by atoms with Gasteiger partial charge in [0.05, 0.1) is 12.8 Å². The molecule has 0 aromatic carbocycles. The van der Waals surface area contributed by atoms with E-state index in [-0.39, 0.29) is 5.91 Å². The number of hydrogen-bond acceptors (Lipinski definition) is 3. The molecule has 0 spiro atoms. The van der Waals surface area contributed by atoms with E-state index >= 15 is 0 Å². The number of amides is 1. The second-order valence-electron chi connectivity index (χ2n) is 2.71. The third-order valence-corrected chi connectivity index (χ3v) is 1.64. The predicted octanol–water partition coefficient (Wildman–Crippen LogP) is 1.83. The Labute approximate surface area is 83.3 Å². The number of pyridine rings is 1. The third kappa shape index (κ3) is 3.05. The minimum Gasteiger partial charge on any atom is -0.492 e. The minimum atomic E-state index is -0.0401. The third-order valence-electron chi connectivity index (χ3n) is 1.64. The predicted molar refractivity (Wildman–Crippen MR) is 54.3 cm³/mol. The molecule has 0 aliphatic heterocycles. The normalized spacial score (nSPS) is 9.57. The molecule has 1 aromatic heterocycles. The van der Waals surface area contributed by atoms with Crippen LogP contribution in [0.4, 0.5) is 5.82 Å². The fraction of sp³-hybridized carbons (Fsp3) is 0.400. The molecule has 4 nitrogen and oxygen atoms in total. The number of nitrogens with one attached hydrogen (secondary N) is 1. The summed E-state index contributed by atoms with van der Waals surface area (Å²) >= 11 is 0. The van der Waals surface area contributed by atoms with Gasteiger partial charge >= 0.3 is 0 Å². The van der Waals surface area contributed by atoms with Crippen molar-refractivity contribution in [3.63, 3.8) is 0 Å². The molecule has 1 aromatic rings. The van der Waals surface area contributed by atoms with Crippen LogP contribution >= 0.6 is 0 Å². The number of rotatable bonds is 4. The highest BCUT2D eigenvalue weighted by atomic mass is 16.5. The molecule has 14 heavy (non-hydrogen) atoms. The van der Waals surface area contributed by atoms with Crippen LogP contribution < -0.4 is 10.1 Å². The zero-order chi connectivity index (χ0) is 10.4. The van der Waals surface area contributed by atoms with Crippen molar-refractivity contribution < 1.29 is 9.53 Å². The van der Waals surface area contributed by atoms with Crippen molar-refractivity contribution in [3.8, 4) is 5.75 Å². The maximum atomic E-state index is 11.0. The van der Waals surface area contributed by atoms with Crippen molar-refractivity contribution in [2.45, 2.75) is 20.3 Å². The zero-order valence-electron chi connectivity index (χ0n) is 8.41. The van der Waals surface area contributed by atoms with Gasteiger partial charge in [-0.15, -0.1) is 0 Å². The van der Waals surface area contributed by atoms with Crippen LogP contribution in [0.15, 0.2) is 18.3 Å². The molecule has 0 saturated carbocycles. The average Bonchev–Trinajstić information content (AvgIpc) is 2.21. The number of aromatic nitrogens is 1. The fourth-order valence-corrected chi connectivity index (χ4v) is 0.938. The van der Waals surface area contributed by atoms with Gasteiger partial charge in [0.25, 0.3) is 0 Å². The molecule has 4 heteroatoms. The second-order valence-corrected chi connectivity index (χ2v) is 2.71. The summed E-state index contributed by atoms with van der Waals surface area (Å²) in [7, 11) is 0. The molecule has 0 fully saturated rings. The first-order valence-corrected chi connectivity index (χ1v) is 4.65. The van der Waals surface area contributed by atoms with Crippen LogP contribution in [0.3, 0.4) is 0 Å². The maximum absolute atomic E-state index is 11.0. The summed E-state index contributed by atoms with van der Waals surface area (Å²) in [6, 6.07) is 3.50. The summed E-state index contributed by atoms with van der Waals surface area (Å²) < 4.78 is 5.22. The number of carbonyl (C=O) groups excluding carboxylic acids is 1. The first-order chi connectivity index (χ1) is 6.76. The standard InChI is InChI=1S/C10H14N2O2/c1-3-10(13)12-9-6-5-8(7-11-9)14-4-2/h5-7H,3-4H2,1-2H3,(H,11,12,13). The van der Waals surface area contributed by atoms with Gasteiger partial charge in [0.1, 0.15) is 11.6 Å². The molecule has 1 N–H and O–H groups in total. The van der Waals surface area contributed by atoms with Gasteiger partial charge in [0.2, 0.25) is 5.91 Å². The Kier molecular flexibility index (Phi) is 3.91. The first kappa shape index (κ1) is 10.5. The fourth-order valence-electron chi connectivity index (χ4n) is 0.938. The number of hydrogen-bond donors (Lipinski definition) is 1. The lowest BCUT2D eigenvalue weighted by atomic mass is 10.4. The van der Waals surface area contributed by atoms with Gasteiger partial charge in [0.15, 0.2) is 0 Å². The van der Waals surface area contributed by atoms with Crippen molar-refractivity contribution in [3.05, 3.63) is 18.3 Å². The summed E-state index contributed by atoms with van der Waals surface area (Å²) in [6.45, 7) is 4.32. The molecular weight excluding hydrogens is 180 g/mol. The largest absolute Gasteiger partial charge is 0.492 e. The zero-order valence-corrected chi connectivity index (χ0v) is 8.41. The lowest BCUT2D eigenvalue weighted by molar-refractivity contribution is -0.115. The minimum absolute atomic E-state index is 0.0401. The summed E-state index contributed by atoms with van der Waals surface area (Å²) in [4.78, 5) is 15.0. The van der Waals surface area contributed by atoms with Crippen molar-refractivity contribution in [1.29, 1.82) is 0 Å². The smallest absolute Gasteiger partial charge is 0.225 e. The van der Waals surface area contributed by atoms with Crippen LogP contribution in [-0.2, 0) is 4.79 Å². The Hall–Kier alpha value is -1.58. The van der Waals surface area contributed by atoms with Crippen molar-refractivity contribution >= 4 is 11.7 Å². The van der Waals surface area contributed by atoms with E-state index in [0.717, 1.165) is 0 Å². The number of carbonyl (C=O) groups is 1. The molecule has 1 rings (SSSR count). The Bertz CT molecular complexity index is 295. The van der Waals surface area contributed by atoms with Gasteiger partial charge in [-0.2, -0.15) is 0 Å². The van der Waals surface area contributed by atoms with Crippen LogP contribution in [0.2, 0.25) is 0 Å². The van der Waals surface area contributed by atoms with Crippen LogP contribution in [0, 0.1) is 0 Å². The quantitative estimate of drug-likeness (QED) is 0.795. The maximum Gasteiger partial charge on any atom is 0.225 e. The van der Waals surface area contributed by atoms with Crippen LogP contribution in [0.25, 0.3) is 0 Å². The van der Waals surface area contributed by atoms with Gasteiger partial charge in [-0.3, -0.25) is 4.79 Å². The number of anilines is 1. The van der Waals surface area contributed by atoms with E-state index in [1.54, 1.807) is 25.3 Å². The van der Waals surface area contributed by atoms with Crippen LogP contribution in [0.1, 0.15) is 20.3 Å². The van der Waals surface area contributed by atoms with Crippen molar-refractivity contribution in [2.24, 2.45) is 0 Å². The lowest BCUT2D eigenvalue weighted by Gasteiger charge is -2.04. The summed E-state index contributed by atoms with van der Waals surface area (Å²) in [5.41, 5.74) is 0. The molecule has 0 bridgehead atoms. The van der Waals surface area contributed by atoms with E-state index in [1.807, 2.05) is 6.92 Å². The molecule has 0 unspecified atom stereocenters. The first-order valence-electron chi connectivity index (χ1n) is 4.65. The molecule has 0 aliphatic carbocycles. The Morgan fingerprint density at radius 1 is 1.50 bits per heavy atom. The van der Waals surface area contributed by atoms with Crippen molar-refractivity contribution in [2.75, 3.05) is 11.9 Å². The average molecular weight is 194 g/mol. The molecule has 1 heterocycles. The summed E-state index contributed by atoms with van der Waals surface area (Å²) in [6.07, 6.45) is 2.05. The SMILES string of the molecule is CCOc1ccc(NC(=O)CC)nc1. The molecular formula is C10H14N2O2. The van der Waals surface area contributed by atoms with E-state index in [4.69, 9.17) is 4.74 Å². The van der Waals surface area contributed by atoms with Gasteiger partial charge < -0.3 is 10.1 Å². The van der Waals surface area contributed by atoms with Crippen molar-refractivity contribution in [1.82, 2.24) is 4.98 Å². The highest BCUT2D eigenvalue weighted by Crippen LogP contribution is 2.11. The van der Waals surface area contributed by atoms with Crippen LogP contribution in [0.5, 0.6) is 5.75 Å². The van der Waals surface area contributed by atoms with Gasteiger partial charge in [0, 0.05) is 6.42 Å². The van der Waals surface area contributed by atoms with E-state index in [2.05, 4.69) is 10.3 Å². The van der Waals surface area contributed by atoms with E-state index < -0.39 is 0 Å². The Balaban J connectivity index is 2.59. The lowest BCUT2D eigenvalue weighted by Crippen LogP contribution is -2.10. The number of ether oxygens (including phenoxy) is 1. The summed E-state index contributed by atoms with van der Waals surface area (Å²) in [5.74, 6) is 1.23. The second kappa shape index (κ2) is 5.21. The molecule has 1 amide bonds. The van der Waals surface area contributed by atoms with E-state index in [9.17, 15) is 4.79 Å². The molecule has 0 saturated heterocycles. The Morgan fingerprint density at radius 2 is 2.29 bits per heavy atom. The van der Waals surface area contributed by atoms with Gasteiger partial charge in [-0.05, 0) is 19.1 Å². The highest BCUT2D eigenvalue weighted by molar-refractivity contribution is 5.89. The summed E-state index contributed by atoms with van der Waals surface area (Å²) in [5, 5.41) is 2.66. The monoisotopic (exact) mass is 194 g/mol. The Morgan fingerprint density at radius 3 is 2.79 bits per heavy atom. The molecule has 0 atom stereocenters. The van der Waals surface area contributed by atoms with Crippen LogP contribution in [-0.4, -0.2) is 17.5 Å². The topological polar surface area (TPSA) is 51.2 Å². The van der Waals surface area contributed by atoms with E-state index in [0.29, 0.717) is 24.6 Å². The molecule has 76 valence electrons. The van der Waals surface area contributed by atoms with Gasteiger partial charge in [-0.25, -0.2) is 4.98 Å².